The molecule has 1 saturated heterocycles. The number of nitrogens with zero attached hydrogens (tertiary/aromatic N) is 2. The molecule has 1 heterocycles. The van der Waals surface area contributed by atoms with Crippen LogP contribution < -0.4 is 5.32 Å². The minimum Gasteiger partial charge on any atom is -0.373 e. The Morgan fingerprint density at radius 3 is 2.36 bits per heavy atom. The molecule has 22 heavy (non-hydrogen) atoms. The fraction of sp³-hybridized carbons (Fsp3) is 0.941. The van der Waals surface area contributed by atoms with Gasteiger partial charge in [0.2, 0.25) is 5.91 Å². The highest BCUT2D eigenvalue weighted by atomic mass is 16.5. The zero-order valence-electron chi connectivity index (χ0n) is 14.8. The Morgan fingerprint density at radius 2 is 1.86 bits per heavy atom. The Labute approximate surface area is 135 Å². The van der Waals surface area contributed by atoms with Crippen molar-refractivity contribution in [1.29, 1.82) is 0 Å². The quantitative estimate of drug-likeness (QED) is 0.770. The molecule has 2 fully saturated rings. The molecule has 2 rings (SSSR count). The number of rotatable bonds is 7. The summed E-state index contributed by atoms with van der Waals surface area (Å²) in [5, 5.41) is 3.14. The molecule has 5 heteroatoms. The van der Waals surface area contributed by atoms with E-state index >= 15 is 0 Å². The van der Waals surface area contributed by atoms with Crippen LogP contribution >= 0.6 is 0 Å². The molecule has 1 saturated carbocycles. The molecule has 1 N–H and O–H groups in total. The third-order valence-electron chi connectivity index (χ3n) is 4.68. The first kappa shape index (κ1) is 17.7. The lowest BCUT2D eigenvalue weighted by atomic mass is 9.99. The van der Waals surface area contributed by atoms with Crippen LogP contribution in [0.2, 0.25) is 0 Å². The molecule has 5 nitrogen and oxygen atoms in total. The summed E-state index contributed by atoms with van der Waals surface area (Å²) < 4.78 is 5.79. The van der Waals surface area contributed by atoms with Crippen LogP contribution in [0.15, 0.2) is 0 Å². The summed E-state index contributed by atoms with van der Waals surface area (Å²) in [6.07, 6.45) is 3.00. The van der Waals surface area contributed by atoms with Gasteiger partial charge in [-0.3, -0.25) is 9.69 Å². The number of amides is 1. The number of morpholine rings is 1. The van der Waals surface area contributed by atoms with Gasteiger partial charge in [0, 0.05) is 32.2 Å². The monoisotopic (exact) mass is 311 g/mol. The molecular formula is C17H33N3O2. The van der Waals surface area contributed by atoms with Crippen molar-refractivity contribution >= 4 is 5.91 Å². The molecule has 0 spiro atoms. The van der Waals surface area contributed by atoms with E-state index in [0.717, 1.165) is 32.2 Å². The summed E-state index contributed by atoms with van der Waals surface area (Å²) in [4.78, 5) is 17.3. The van der Waals surface area contributed by atoms with Crippen LogP contribution in [0.4, 0.5) is 0 Å². The van der Waals surface area contributed by atoms with E-state index < -0.39 is 0 Å². The molecule has 128 valence electrons. The van der Waals surface area contributed by atoms with E-state index in [2.05, 4.69) is 49.9 Å². The number of hydrogen-bond acceptors (Lipinski definition) is 4. The van der Waals surface area contributed by atoms with Crippen molar-refractivity contribution < 1.29 is 9.53 Å². The summed E-state index contributed by atoms with van der Waals surface area (Å²) in [6, 6.07) is 0.693. The van der Waals surface area contributed by atoms with E-state index in [4.69, 9.17) is 4.74 Å². The normalized spacial score (nSPS) is 28.1. The number of likely N-dealkylation sites (N-methyl/N-ethyl adjacent to an activating group) is 1. The van der Waals surface area contributed by atoms with E-state index in [1.807, 2.05) is 0 Å². The molecule has 3 atom stereocenters. The summed E-state index contributed by atoms with van der Waals surface area (Å²) in [6.45, 7) is 11.8. The zero-order chi connectivity index (χ0) is 16.3. The van der Waals surface area contributed by atoms with Crippen molar-refractivity contribution in [1.82, 2.24) is 15.1 Å². The van der Waals surface area contributed by atoms with Crippen molar-refractivity contribution in [3.05, 3.63) is 0 Å². The lowest BCUT2D eigenvalue weighted by Gasteiger charge is -2.41. The van der Waals surface area contributed by atoms with E-state index in [9.17, 15) is 4.79 Å². The van der Waals surface area contributed by atoms with Crippen molar-refractivity contribution in [2.45, 2.75) is 64.8 Å². The maximum atomic E-state index is 12.7. The van der Waals surface area contributed by atoms with Gasteiger partial charge in [-0.1, -0.05) is 13.8 Å². The Hall–Kier alpha value is -0.650. The second-order valence-electron chi connectivity index (χ2n) is 7.40. The van der Waals surface area contributed by atoms with Crippen molar-refractivity contribution in [3.63, 3.8) is 0 Å². The molecule has 0 aromatic carbocycles. The van der Waals surface area contributed by atoms with Gasteiger partial charge < -0.3 is 15.0 Å². The van der Waals surface area contributed by atoms with Gasteiger partial charge in [-0.2, -0.15) is 0 Å². The third kappa shape index (κ3) is 4.93. The number of hydrogen-bond donors (Lipinski definition) is 1. The fourth-order valence-electron chi connectivity index (χ4n) is 3.49. The predicted octanol–water partition coefficient (Wildman–Crippen LogP) is 1.33. The van der Waals surface area contributed by atoms with Crippen molar-refractivity contribution in [3.8, 4) is 0 Å². The predicted molar refractivity (Wildman–Crippen MR) is 88.9 cm³/mol. The second kappa shape index (κ2) is 7.75. The van der Waals surface area contributed by atoms with E-state index in [1.54, 1.807) is 0 Å². The highest BCUT2D eigenvalue weighted by Gasteiger charge is 2.34. The molecular weight excluding hydrogens is 278 g/mol. The van der Waals surface area contributed by atoms with Crippen LogP contribution in [0, 0.1) is 5.92 Å². The largest absolute Gasteiger partial charge is 0.373 e. The third-order valence-corrected chi connectivity index (χ3v) is 4.68. The molecule has 1 amide bonds. The molecule has 2 aliphatic rings. The number of ether oxygens (including phenoxy) is 1. The Balaban J connectivity index is 1.84. The molecule has 1 aliphatic carbocycles. The highest BCUT2D eigenvalue weighted by molar-refractivity contribution is 5.82. The molecule has 3 unspecified atom stereocenters. The summed E-state index contributed by atoms with van der Waals surface area (Å²) >= 11 is 0. The molecule has 0 bridgehead atoms. The van der Waals surface area contributed by atoms with E-state index in [1.165, 1.54) is 12.8 Å². The van der Waals surface area contributed by atoms with Crippen LogP contribution in [-0.4, -0.2) is 73.2 Å². The fourth-order valence-corrected chi connectivity index (χ4v) is 3.49. The van der Waals surface area contributed by atoms with Crippen LogP contribution in [0.1, 0.15) is 40.5 Å². The Morgan fingerprint density at radius 1 is 1.27 bits per heavy atom. The van der Waals surface area contributed by atoms with Gasteiger partial charge in [0.1, 0.15) is 0 Å². The van der Waals surface area contributed by atoms with Crippen LogP contribution in [0.25, 0.3) is 0 Å². The molecule has 0 aromatic rings. The molecule has 1 aliphatic heterocycles. The average Bonchev–Trinajstić information content (AvgIpc) is 3.21. The summed E-state index contributed by atoms with van der Waals surface area (Å²) in [5.74, 6) is 0.471. The van der Waals surface area contributed by atoms with E-state index in [-0.39, 0.29) is 24.2 Å². The standard InChI is InChI=1S/C17H33N3O2/c1-12(2)16(20-10-13(3)22-14(4)11-20)17(21)18-8-9-19(5)15-6-7-15/h12-16H,6-11H2,1-5H3,(H,18,21). The summed E-state index contributed by atoms with van der Waals surface area (Å²) in [5.41, 5.74) is 0. The lowest BCUT2D eigenvalue weighted by Crippen LogP contribution is -2.57. The van der Waals surface area contributed by atoms with Crippen LogP contribution in [-0.2, 0) is 9.53 Å². The topological polar surface area (TPSA) is 44.8 Å². The second-order valence-corrected chi connectivity index (χ2v) is 7.40. The zero-order valence-corrected chi connectivity index (χ0v) is 14.8. The minimum absolute atomic E-state index is 0.0555. The smallest absolute Gasteiger partial charge is 0.237 e. The van der Waals surface area contributed by atoms with E-state index in [0.29, 0.717) is 5.92 Å². The first-order chi connectivity index (χ1) is 10.4. The molecule has 0 aromatic heterocycles. The van der Waals surface area contributed by atoms with Crippen LogP contribution in [0.5, 0.6) is 0 Å². The van der Waals surface area contributed by atoms with Gasteiger partial charge in [0.25, 0.3) is 0 Å². The number of carbonyl (C=O) groups excluding carboxylic acids is 1. The Bertz CT molecular complexity index is 361. The molecule has 0 radical (unpaired) electrons. The maximum Gasteiger partial charge on any atom is 0.237 e. The van der Waals surface area contributed by atoms with Crippen molar-refractivity contribution in [2.24, 2.45) is 5.92 Å². The summed E-state index contributed by atoms with van der Waals surface area (Å²) in [7, 11) is 2.15. The van der Waals surface area contributed by atoms with Crippen molar-refractivity contribution in [2.75, 3.05) is 33.2 Å². The maximum absolute atomic E-state index is 12.7. The average molecular weight is 311 g/mol. The lowest BCUT2D eigenvalue weighted by molar-refractivity contribution is -0.135. The van der Waals surface area contributed by atoms with Gasteiger partial charge in [-0.05, 0) is 39.7 Å². The van der Waals surface area contributed by atoms with Gasteiger partial charge in [-0.25, -0.2) is 0 Å². The minimum atomic E-state index is -0.0555. The number of carbonyl (C=O) groups is 1. The van der Waals surface area contributed by atoms with Gasteiger partial charge in [-0.15, -0.1) is 0 Å². The van der Waals surface area contributed by atoms with Gasteiger partial charge >= 0.3 is 0 Å². The first-order valence-corrected chi connectivity index (χ1v) is 8.76. The van der Waals surface area contributed by atoms with Gasteiger partial charge in [0.05, 0.1) is 18.2 Å². The van der Waals surface area contributed by atoms with Crippen LogP contribution in [0.3, 0.4) is 0 Å². The highest BCUT2D eigenvalue weighted by Crippen LogP contribution is 2.24. The first-order valence-electron chi connectivity index (χ1n) is 8.76. The SMILES string of the molecule is CC1CN(C(C(=O)NCCN(C)C2CC2)C(C)C)CC(C)O1. The number of nitrogens with one attached hydrogen (secondary N) is 1. The Kier molecular flexibility index (Phi) is 6.24. The van der Waals surface area contributed by atoms with Gasteiger partial charge in [0.15, 0.2) is 0 Å².